The van der Waals surface area contributed by atoms with Gasteiger partial charge in [0, 0.05) is 36.4 Å². The normalized spacial score (nSPS) is 22.3. The van der Waals surface area contributed by atoms with Gasteiger partial charge in [-0.1, -0.05) is 11.3 Å². The molecule has 1 amide bonds. The lowest BCUT2D eigenvalue weighted by Crippen LogP contribution is -2.43. The third-order valence-electron chi connectivity index (χ3n) is 6.68. The molecule has 10 heteroatoms. The van der Waals surface area contributed by atoms with Gasteiger partial charge in [0.2, 0.25) is 5.89 Å². The number of nitriles is 1. The molecule has 3 aromatic rings. The van der Waals surface area contributed by atoms with Crippen molar-refractivity contribution in [3.8, 4) is 17.5 Å². The second-order valence-electron chi connectivity index (χ2n) is 9.16. The maximum Gasteiger partial charge on any atom is 0.311 e. The van der Waals surface area contributed by atoms with Crippen LogP contribution >= 0.6 is 0 Å². The highest BCUT2D eigenvalue weighted by molar-refractivity contribution is 5.90. The fourth-order valence-electron chi connectivity index (χ4n) is 4.78. The maximum absolute atomic E-state index is 13.5. The lowest BCUT2D eigenvalue weighted by atomic mass is 10.0. The average Bonchev–Trinajstić information content (AvgIpc) is 3.69. The zero-order chi connectivity index (χ0) is 22.4. The maximum atomic E-state index is 13.5. The number of rotatable bonds is 7. The first-order chi connectivity index (χ1) is 16.2. The van der Waals surface area contributed by atoms with Crippen LogP contribution in [0.5, 0.6) is 0 Å². The number of carbonyl (C=O) groups is 1. The van der Waals surface area contributed by atoms with Crippen LogP contribution in [0.1, 0.15) is 59.8 Å². The van der Waals surface area contributed by atoms with Gasteiger partial charge in [-0.2, -0.15) is 5.26 Å². The van der Waals surface area contributed by atoms with Crippen LogP contribution in [0.3, 0.4) is 0 Å². The molecule has 2 saturated carbocycles. The van der Waals surface area contributed by atoms with Gasteiger partial charge in [0.1, 0.15) is 0 Å². The zero-order valence-electron chi connectivity index (χ0n) is 18.1. The lowest BCUT2D eigenvalue weighted by Gasteiger charge is -2.27. The molecular formula is C23H24N8O2. The van der Waals surface area contributed by atoms with Crippen molar-refractivity contribution in [1.82, 2.24) is 35.4 Å². The van der Waals surface area contributed by atoms with Crippen molar-refractivity contribution in [3.63, 3.8) is 0 Å². The second-order valence-corrected chi connectivity index (χ2v) is 9.16. The Morgan fingerprint density at radius 3 is 2.85 bits per heavy atom. The van der Waals surface area contributed by atoms with Crippen molar-refractivity contribution in [2.45, 2.75) is 62.7 Å². The molecule has 0 bridgehead atoms. The summed E-state index contributed by atoms with van der Waals surface area (Å²) in [6.45, 7) is 1.44. The predicted molar refractivity (Wildman–Crippen MR) is 116 cm³/mol. The Kier molecular flexibility index (Phi) is 4.91. The second kappa shape index (κ2) is 8.08. The molecule has 0 spiro atoms. The number of aromatic nitrogens is 5. The van der Waals surface area contributed by atoms with Gasteiger partial charge in [-0.25, -0.2) is 0 Å². The molecular weight excluding hydrogens is 420 g/mol. The summed E-state index contributed by atoms with van der Waals surface area (Å²) in [6, 6.07) is 8.24. The molecule has 1 aromatic carbocycles. The zero-order valence-corrected chi connectivity index (χ0v) is 18.1. The number of hydrogen-bond donors (Lipinski definition) is 1. The van der Waals surface area contributed by atoms with Crippen molar-refractivity contribution >= 4 is 5.91 Å². The summed E-state index contributed by atoms with van der Waals surface area (Å²) in [6.07, 6.45) is 8.55. The smallest absolute Gasteiger partial charge is 0.311 e. The molecule has 3 aliphatic rings. The lowest BCUT2D eigenvalue weighted by molar-refractivity contribution is 0.0632. The Hall–Kier alpha value is -3.58. The monoisotopic (exact) mass is 444 g/mol. The van der Waals surface area contributed by atoms with E-state index in [4.69, 9.17) is 4.42 Å². The van der Waals surface area contributed by atoms with E-state index in [-0.39, 0.29) is 29.9 Å². The third-order valence-corrected chi connectivity index (χ3v) is 6.68. The number of nitrogens with one attached hydrogen (secondary N) is 1. The van der Waals surface area contributed by atoms with Crippen LogP contribution in [-0.2, 0) is 6.54 Å². The Morgan fingerprint density at radius 1 is 1.24 bits per heavy atom. The van der Waals surface area contributed by atoms with Crippen LogP contribution < -0.4 is 5.32 Å². The first kappa shape index (κ1) is 20.1. The van der Waals surface area contributed by atoms with Gasteiger partial charge in [0.05, 0.1) is 24.4 Å². The highest BCUT2D eigenvalue weighted by Gasteiger charge is 2.42. The van der Waals surface area contributed by atoms with Crippen molar-refractivity contribution < 1.29 is 9.21 Å². The van der Waals surface area contributed by atoms with Crippen molar-refractivity contribution in [2.24, 2.45) is 0 Å². The molecule has 0 radical (unpaired) electrons. The van der Waals surface area contributed by atoms with E-state index in [9.17, 15) is 10.1 Å². The van der Waals surface area contributed by atoms with E-state index < -0.39 is 0 Å². The van der Waals surface area contributed by atoms with Gasteiger partial charge in [-0.3, -0.25) is 9.48 Å². The molecule has 2 atom stereocenters. The van der Waals surface area contributed by atoms with E-state index >= 15 is 0 Å². The van der Waals surface area contributed by atoms with E-state index in [0.717, 1.165) is 49.8 Å². The SMILES string of the molecule is N#Cc1ccc(C2CC2)c(-c2nnc(C(=O)N(C3CC3)[C@H]3CN[C@H](Cn4ccnn4)C3)o2)c1. The fourth-order valence-corrected chi connectivity index (χ4v) is 4.78. The van der Waals surface area contributed by atoms with Crippen molar-refractivity contribution in [3.05, 3.63) is 47.6 Å². The minimum Gasteiger partial charge on any atom is -0.412 e. The minimum atomic E-state index is -0.214. The number of hydrogen-bond acceptors (Lipinski definition) is 8. The largest absolute Gasteiger partial charge is 0.412 e. The van der Waals surface area contributed by atoms with Gasteiger partial charge in [0.15, 0.2) is 0 Å². The summed E-state index contributed by atoms with van der Waals surface area (Å²) < 4.78 is 7.72. The Morgan fingerprint density at radius 2 is 2.12 bits per heavy atom. The Bertz CT molecular complexity index is 1210. The highest BCUT2D eigenvalue weighted by atomic mass is 16.4. The quantitative estimate of drug-likeness (QED) is 0.587. The number of amides is 1. The molecule has 2 aliphatic carbocycles. The summed E-state index contributed by atoms with van der Waals surface area (Å²) in [4.78, 5) is 15.4. The number of benzene rings is 1. The Labute approximate surface area is 190 Å². The summed E-state index contributed by atoms with van der Waals surface area (Å²) in [7, 11) is 0. The molecule has 168 valence electrons. The number of nitrogens with zero attached hydrogens (tertiary/aromatic N) is 7. The average molecular weight is 444 g/mol. The molecule has 0 unspecified atom stereocenters. The van der Waals surface area contributed by atoms with Crippen LogP contribution in [0, 0.1) is 11.3 Å². The van der Waals surface area contributed by atoms with E-state index in [0.29, 0.717) is 23.9 Å². The topological polar surface area (TPSA) is 126 Å². The fraction of sp³-hybridized carbons (Fsp3) is 0.478. The summed E-state index contributed by atoms with van der Waals surface area (Å²) in [5, 5.41) is 29.0. The van der Waals surface area contributed by atoms with Gasteiger partial charge in [-0.05, 0) is 55.7 Å². The van der Waals surface area contributed by atoms with Gasteiger partial charge < -0.3 is 14.6 Å². The predicted octanol–water partition coefficient (Wildman–Crippen LogP) is 2.11. The van der Waals surface area contributed by atoms with Crippen molar-refractivity contribution in [2.75, 3.05) is 6.54 Å². The van der Waals surface area contributed by atoms with E-state index in [2.05, 4.69) is 31.9 Å². The number of carbonyl (C=O) groups excluding carboxylic acids is 1. The van der Waals surface area contributed by atoms with E-state index in [1.54, 1.807) is 16.9 Å². The van der Waals surface area contributed by atoms with Crippen LogP contribution in [0.4, 0.5) is 0 Å². The molecule has 10 nitrogen and oxygen atoms in total. The first-order valence-electron chi connectivity index (χ1n) is 11.5. The van der Waals surface area contributed by atoms with Gasteiger partial charge in [-0.15, -0.1) is 15.3 Å². The van der Waals surface area contributed by atoms with E-state index in [1.165, 1.54) is 0 Å². The summed E-state index contributed by atoms with van der Waals surface area (Å²) >= 11 is 0. The third kappa shape index (κ3) is 4.00. The minimum absolute atomic E-state index is 0.0146. The first-order valence-corrected chi connectivity index (χ1v) is 11.5. The van der Waals surface area contributed by atoms with E-state index in [1.807, 2.05) is 23.2 Å². The van der Waals surface area contributed by atoms with Gasteiger partial charge >= 0.3 is 11.8 Å². The molecule has 33 heavy (non-hydrogen) atoms. The molecule has 3 fully saturated rings. The van der Waals surface area contributed by atoms with Gasteiger partial charge in [0.25, 0.3) is 0 Å². The van der Waals surface area contributed by atoms with Crippen molar-refractivity contribution in [1.29, 1.82) is 5.26 Å². The highest BCUT2D eigenvalue weighted by Crippen LogP contribution is 2.44. The van der Waals surface area contributed by atoms with Crippen LogP contribution in [0.2, 0.25) is 0 Å². The molecule has 1 aliphatic heterocycles. The molecule has 3 heterocycles. The summed E-state index contributed by atoms with van der Waals surface area (Å²) in [5.41, 5.74) is 2.40. The molecule has 1 N–H and O–H groups in total. The molecule has 1 saturated heterocycles. The summed E-state index contributed by atoms with van der Waals surface area (Å²) in [5.74, 6) is 0.560. The van der Waals surface area contributed by atoms with Crippen LogP contribution in [-0.4, -0.2) is 60.7 Å². The molecule has 2 aromatic heterocycles. The van der Waals surface area contributed by atoms with Crippen LogP contribution in [0.25, 0.3) is 11.5 Å². The Balaban J connectivity index is 1.22. The van der Waals surface area contributed by atoms with Crippen LogP contribution in [0.15, 0.2) is 35.0 Å². The standard InChI is InChI=1S/C23H24N8O2/c24-11-14-1-6-19(15-2-3-15)20(9-14)21-27-28-22(33-21)23(32)31(17-4-5-17)18-10-16(25-12-18)13-30-8-7-26-29-30/h1,6-9,15-18,25H,2-5,10,12-13H2/t16-,18+/m0/s1. The molecule has 6 rings (SSSR count).